The molecule has 88 valence electrons. The van der Waals surface area contributed by atoms with Crippen LogP contribution in [0.3, 0.4) is 0 Å². The maximum atomic E-state index is 12.2. The van der Waals surface area contributed by atoms with Gasteiger partial charge in [0.1, 0.15) is 5.82 Å². The number of halogens is 3. The highest BCUT2D eigenvalue weighted by Gasteiger charge is 2.32. The second-order valence-corrected chi connectivity index (χ2v) is 3.91. The quantitative estimate of drug-likeness (QED) is 0.850. The van der Waals surface area contributed by atoms with Crippen LogP contribution < -0.4 is 5.32 Å². The van der Waals surface area contributed by atoms with Gasteiger partial charge >= 0.3 is 6.18 Å². The summed E-state index contributed by atoms with van der Waals surface area (Å²) in [5, 5.41) is 3.08. The van der Waals surface area contributed by atoms with E-state index in [4.69, 9.17) is 0 Å². The number of alkyl halides is 3. The number of nitrogens with zero attached hydrogens (tertiary/aromatic N) is 2. The summed E-state index contributed by atoms with van der Waals surface area (Å²) in [6.07, 6.45) is 1.89. The second kappa shape index (κ2) is 4.27. The van der Waals surface area contributed by atoms with Crippen molar-refractivity contribution >= 4 is 5.82 Å². The predicted octanol–water partition coefficient (Wildman–Crippen LogP) is 2.85. The van der Waals surface area contributed by atoms with Gasteiger partial charge in [-0.2, -0.15) is 13.2 Å². The summed E-state index contributed by atoms with van der Waals surface area (Å²) in [7, 11) is 0. The third kappa shape index (κ3) is 2.62. The number of hydrogen-bond acceptors (Lipinski definition) is 3. The molecule has 1 aromatic rings. The highest BCUT2D eigenvalue weighted by atomic mass is 19.4. The zero-order valence-corrected chi connectivity index (χ0v) is 8.59. The molecule has 1 aromatic heterocycles. The average molecular weight is 231 g/mol. The monoisotopic (exact) mass is 231 g/mol. The lowest BCUT2D eigenvalue weighted by molar-refractivity contribution is -0.141. The Morgan fingerprint density at radius 2 is 1.81 bits per heavy atom. The molecular formula is C10H12F3N3. The van der Waals surface area contributed by atoms with E-state index in [1.807, 2.05) is 0 Å². The van der Waals surface area contributed by atoms with Crippen molar-refractivity contribution < 1.29 is 13.2 Å². The molecule has 0 aliphatic heterocycles. The molecule has 16 heavy (non-hydrogen) atoms. The molecule has 0 amide bonds. The van der Waals surface area contributed by atoms with E-state index in [1.165, 1.54) is 0 Å². The summed E-state index contributed by atoms with van der Waals surface area (Å²) in [6, 6.07) is 0.325. The molecule has 6 heteroatoms. The van der Waals surface area contributed by atoms with Crippen molar-refractivity contribution in [3.05, 3.63) is 18.1 Å². The molecule has 1 heterocycles. The van der Waals surface area contributed by atoms with E-state index < -0.39 is 11.9 Å². The van der Waals surface area contributed by atoms with Crippen molar-refractivity contribution in [1.82, 2.24) is 9.97 Å². The molecule has 0 saturated heterocycles. The Morgan fingerprint density at radius 3 is 2.31 bits per heavy atom. The van der Waals surface area contributed by atoms with Gasteiger partial charge in [0.25, 0.3) is 0 Å². The molecule has 1 fully saturated rings. The minimum Gasteiger partial charge on any atom is -0.366 e. The Kier molecular flexibility index (Phi) is 2.98. The molecule has 0 spiro atoms. The number of hydrogen-bond donors (Lipinski definition) is 1. The van der Waals surface area contributed by atoms with Crippen LogP contribution in [0.4, 0.5) is 19.0 Å². The Balaban J connectivity index is 2.01. The number of nitrogens with one attached hydrogen (secondary N) is 1. The van der Waals surface area contributed by atoms with Crippen molar-refractivity contribution in [2.75, 3.05) is 5.32 Å². The third-order valence-electron chi connectivity index (χ3n) is 2.65. The Morgan fingerprint density at radius 1 is 1.12 bits per heavy atom. The van der Waals surface area contributed by atoms with Gasteiger partial charge in [-0.05, 0) is 12.8 Å². The van der Waals surface area contributed by atoms with Crippen molar-refractivity contribution in [3.8, 4) is 0 Å². The summed E-state index contributed by atoms with van der Waals surface area (Å²) >= 11 is 0. The maximum Gasteiger partial charge on any atom is 0.434 e. The fraction of sp³-hybridized carbons (Fsp3) is 0.600. The molecule has 0 bridgehead atoms. The lowest BCUT2D eigenvalue weighted by atomic mass is 10.2. The molecule has 1 aliphatic carbocycles. The van der Waals surface area contributed by atoms with Crippen LogP contribution in [0.25, 0.3) is 0 Å². The van der Waals surface area contributed by atoms with Gasteiger partial charge in [0.2, 0.25) is 0 Å². The summed E-state index contributed by atoms with van der Waals surface area (Å²) in [4.78, 5) is 7.06. The topological polar surface area (TPSA) is 37.8 Å². The Bertz CT molecular complexity index is 341. The van der Waals surface area contributed by atoms with Crippen LogP contribution in [0.1, 0.15) is 31.4 Å². The van der Waals surface area contributed by atoms with E-state index in [0.717, 1.165) is 38.1 Å². The standard InChI is InChI=1S/C10H12F3N3/c11-10(12,13)8-5-15-9(6-14-8)16-7-3-1-2-4-7/h5-7H,1-4H2,(H,15,16). The third-order valence-corrected chi connectivity index (χ3v) is 2.65. The van der Waals surface area contributed by atoms with Crippen molar-refractivity contribution in [3.63, 3.8) is 0 Å². The first-order valence-corrected chi connectivity index (χ1v) is 5.21. The Hall–Kier alpha value is -1.33. The van der Waals surface area contributed by atoms with Gasteiger partial charge in [-0.3, -0.25) is 0 Å². The SMILES string of the molecule is FC(F)(F)c1cnc(NC2CCCC2)cn1. The van der Waals surface area contributed by atoms with Gasteiger partial charge in [-0.15, -0.1) is 0 Å². The van der Waals surface area contributed by atoms with Crippen LogP contribution >= 0.6 is 0 Å². The van der Waals surface area contributed by atoms with E-state index in [-0.39, 0.29) is 0 Å². The molecule has 0 unspecified atom stereocenters. The van der Waals surface area contributed by atoms with Crippen molar-refractivity contribution in [2.45, 2.75) is 37.9 Å². The normalized spacial score (nSPS) is 17.7. The fourth-order valence-corrected chi connectivity index (χ4v) is 1.83. The number of anilines is 1. The van der Waals surface area contributed by atoms with Gasteiger partial charge in [0.05, 0.1) is 12.4 Å². The highest BCUT2D eigenvalue weighted by Crippen LogP contribution is 2.27. The zero-order valence-electron chi connectivity index (χ0n) is 8.59. The Labute approximate surface area is 91.1 Å². The first kappa shape index (κ1) is 11.2. The van der Waals surface area contributed by atoms with Gasteiger partial charge < -0.3 is 5.32 Å². The van der Waals surface area contributed by atoms with E-state index in [0.29, 0.717) is 11.9 Å². The molecule has 0 radical (unpaired) electrons. The van der Waals surface area contributed by atoms with Gasteiger partial charge in [0.15, 0.2) is 5.69 Å². The van der Waals surface area contributed by atoms with E-state index in [1.54, 1.807) is 0 Å². The van der Waals surface area contributed by atoms with Crippen LogP contribution in [0.5, 0.6) is 0 Å². The fourth-order valence-electron chi connectivity index (χ4n) is 1.83. The molecule has 2 rings (SSSR count). The van der Waals surface area contributed by atoms with Gasteiger partial charge in [0, 0.05) is 6.04 Å². The van der Waals surface area contributed by atoms with E-state index in [9.17, 15) is 13.2 Å². The second-order valence-electron chi connectivity index (χ2n) is 3.91. The van der Waals surface area contributed by atoms with Crippen molar-refractivity contribution in [1.29, 1.82) is 0 Å². The van der Waals surface area contributed by atoms with Crippen LogP contribution in [-0.2, 0) is 6.18 Å². The van der Waals surface area contributed by atoms with Crippen LogP contribution in [-0.4, -0.2) is 16.0 Å². The van der Waals surface area contributed by atoms with Crippen LogP contribution in [0.15, 0.2) is 12.4 Å². The minimum atomic E-state index is -4.42. The minimum absolute atomic E-state index is 0.325. The lowest BCUT2D eigenvalue weighted by Gasteiger charge is -2.12. The molecular weight excluding hydrogens is 219 g/mol. The van der Waals surface area contributed by atoms with E-state index >= 15 is 0 Å². The van der Waals surface area contributed by atoms with Gasteiger partial charge in [-0.25, -0.2) is 9.97 Å². The summed E-state index contributed by atoms with van der Waals surface area (Å²) in [5.74, 6) is 0.417. The van der Waals surface area contributed by atoms with Crippen LogP contribution in [0, 0.1) is 0 Å². The first-order chi connectivity index (χ1) is 7.55. The lowest BCUT2D eigenvalue weighted by Crippen LogP contribution is -2.16. The maximum absolute atomic E-state index is 12.2. The molecule has 3 nitrogen and oxygen atoms in total. The molecule has 1 saturated carbocycles. The van der Waals surface area contributed by atoms with Crippen LogP contribution in [0.2, 0.25) is 0 Å². The molecule has 1 N–H and O–H groups in total. The summed E-state index contributed by atoms with van der Waals surface area (Å²) in [5.41, 5.74) is -0.954. The van der Waals surface area contributed by atoms with E-state index in [2.05, 4.69) is 15.3 Å². The molecule has 0 aromatic carbocycles. The molecule has 0 atom stereocenters. The summed E-state index contributed by atoms with van der Waals surface area (Å²) < 4.78 is 36.6. The van der Waals surface area contributed by atoms with Crippen molar-refractivity contribution in [2.24, 2.45) is 0 Å². The number of aromatic nitrogens is 2. The highest BCUT2D eigenvalue weighted by molar-refractivity contribution is 5.33. The largest absolute Gasteiger partial charge is 0.434 e. The summed E-state index contributed by atoms with van der Waals surface area (Å²) in [6.45, 7) is 0. The average Bonchev–Trinajstić information content (AvgIpc) is 2.70. The molecule has 1 aliphatic rings. The smallest absolute Gasteiger partial charge is 0.366 e. The number of rotatable bonds is 2. The predicted molar refractivity (Wildman–Crippen MR) is 52.9 cm³/mol. The van der Waals surface area contributed by atoms with Gasteiger partial charge in [-0.1, -0.05) is 12.8 Å². The zero-order chi connectivity index (χ0) is 11.6. The first-order valence-electron chi connectivity index (χ1n) is 5.21.